The van der Waals surface area contributed by atoms with E-state index in [1.165, 1.54) is 0 Å². The van der Waals surface area contributed by atoms with Crippen molar-refractivity contribution < 1.29 is 55.7 Å². The summed E-state index contributed by atoms with van der Waals surface area (Å²) >= 11 is -2.07. The van der Waals surface area contributed by atoms with Crippen LogP contribution in [0.2, 0.25) is 0 Å². The number of hydrogen-bond donors (Lipinski definition) is 0. The Labute approximate surface area is 231 Å². The predicted molar refractivity (Wildman–Crippen MR) is 139 cm³/mol. The molecule has 35 heavy (non-hydrogen) atoms. The van der Waals surface area contributed by atoms with Crippen LogP contribution in [0.25, 0.3) is 0 Å². The second-order valence-corrected chi connectivity index (χ2v) is 16.6. The second-order valence-electron chi connectivity index (χ2n) is 9.31. The van der Waals surface area contributed by atoms with E-state index in [-0.39, 0.29) is 36.6 Å². The Balaban J connectivity index is 6.03. The van der Waals surface area contributed by atoms with Gasteiger partial charge in [-0.15, -0.1) is 0 Å². The number of rotatable bonds is 22. The molecule has 8 nitrogen and oxygen atoms in total. The molecule has 0 radical (unpaired) electrons. The molecule has 11 heteroatoms. The van der Waals surface area contributed by atoms with Gasteiger partial charge in [-0.05, 0) is 0 Å². The average molecular weight is 618 g/mol. The SMILES string of the molecule is CCC(C)O[Si]([O][Zr][O][Si](OC(C)CC)(OC(C)CC)OC(C)CC)(OC(C)CC)OC(C)CC. The Morgan fingerprint density at radius 2 is 0.571 bits per heavy atom. The molecule has 6 unspecified atom stereocenters. The van der Waals surface area contributed by atoms with Crippen molar-refractivity contribution in [1.82, 2.24) is 0 Å². The van der Waals surface area contributed by atoms with Gasteiger partial charge in [0, 0.05) is 0 Å². The molecular formula is C24H54O8Si2Zr. The molecule has 0 aromatic carbocycles. The Kier molecular flexibility index (Phi) is 19.7. The van der Waals surface area contributed by atoms with Gasteiger partial charge < -0.3 is 0 Å². The van der Waals surface area contributed by atoms with Gasteiger partial charge in [-0.25, -0.2) is 0 Å². The van der Waals surface area contributed by atoms with E-state index in [2.05, 4.69) is 41.5 Å². The molecule has 0 spiro atoms. The van der Waals surface area contributed by atoms with E-state index in [1.807, 2.05) is 41.5 Å². The van der Waals surface area contributed by atoms with Crippen LogP contribution in [0.5, 0.6) is 0 Å². The Bertz CT molecular complexity index is 427. The van der Waals surface area contributed by atoms with Crippen LogP contribution in [0.3, 0.4) is 0 Å². The van der Waals surface area contributed by atoms with E-state index in [0.717, 1.165) is 38.5 Å². The van der Waals surface area contributed by atoms with Crippen molar-refractivity contribution in [2.24, 2.45) is 0 Å². The number of hydrogen-bond acceptors (Lipinski definition) is 8. The fourth-order valence-corrected chi connectivity index (χ4v) is 11.9. The average Bonchev–Trinajstić information content (AvgIpc) is 2.82. The van der Waals surface area contributed by atoms with Crippen LogP contribution in [0, 0.1) is 0 Å². The summed E-state index contributed by atoms with van der Waals surface area (Å²) in [4.78, 5) is 0. The molecule has 0 bridgehead atoms. The third-order valence-corrected chi connectivity index (χ3v) is 15.6. The first kappa shape index (κ1) is 36.0. The molecule has 0 heterocycles. The van der Waals surface area contributed by atoms with Crippen LogP contribution in [-0.4, -0.2) is 54.7 Å². The van der Waals surface area contributed by atoms with Crippen LogP contribution in [0.15, 0.2) is 0 Å². The normalized spacial score (nSPS) is 20.8. The van der Waals surface area contributed by atoms with E-state index in [9.17, 15) is 0 Å². The van der Waals surface area contributed by atoms with Crippen LogP contribution < -0.4 is 0 Å². The monoisotopic (exact) mass is 616 g/mol. The van der Waals surface area contributed by atoms with Crippen LogP contribution in [-0.2, 0) is 55.7 Å². The molecule has 210 valence electrons. The third-order valence-electron chi connectivity index (χ3n) is 5.86. The van der Waals surface area contributed by atoms with Gasteiger partial charge in [0.25, 0.3) is 0 Å². The van der Waals surface area contributed by atoms with Crippen molar-refractivity contribution in [3.63, 3.8) is 0 Å². The van der Waals surface area contributed by atoms with Gasteiger partial charge >= 0.3 is 232 Å². The zero-order valence-electron chi connectivity index (χ0n) is 24.5. The molecule has 0 aromatic heterocycles. The topological polar surface area (TPSA) is 73.8 Å². The van der Waals surface area contributed by atoms with Crippen molar-refractivity contribution in [3.05, 3.63) is 0 Å². The maximum absolute atomic E-state index is 6.46. The summed E-state index contributed by atoms with van der Waals surface area (Å²) in [5.74, 6) is 0. The Hall–Kier alpha value is 0.997. The molecule has 0 aliphatic heterocycles. The first-order valence-electron chi connectivity index (χ1n) is 13.6. The van der Waals surface area contributed by atoms with E-state index in [1.54, 1.807) is 0 Å². The van der Waals surface area contributed by atoms with Crippen molar-refractivity contribution in [3.8, 4) is 0 Å². The molecule has 0 amide bonds. The summed E-state index contributed by atoms with van der Waals surface area (Å²) in [7, 11) is -6.97. The standard InChI is InChI=1S/2C12H27O4Si.Zr/c2*1-7-10(4)14-17(13,15-11(5)8-2)16-12(6)9-3;/h2*10-12H,7-9H2,1-6H3;/q2*-1;+2. The van der Waals surface area contributed by atoms with E-state index < -0.39 is 42.2 Å². The summed E-state index contributed by atoms with van der Waals surface area (Å²) in [5, 5.41) is 0. The van der Waals surface area contributed by atoms with E-state index in [0.29, 0.717) is 0 Å². The molecular weight excluding hydrogens is 564 g/mol. The first-order valence-corrected chi connectivity index (χ1v) is 18.9. The quantitative estimate of drug-likeness (QED) is 0.124. The molecule has 0 saturated carbocycles. The van der Waals surface area contributed by atoms with E-state index >= 15 is 0 Å². The van der Waals surface area contributed by atoms with Crippen molar-refractivity contribution in [2.75, 3.05) is 0 Å². The van der Waals surface area contributed by atoms with Crippen LogP contribution in [0.1, 0.15) is 122 Å². The fraction of sp³-hybridized carbons (Fsp3) is 1.00. The Morgan fingerprint density at radius 1 is 0.400 bits per heavy atom. The molecule has 0 aliphatic rings. The minimum atomic E-state index is -3.49. The maximum atomic E-state index is 6.46. The van der Waals surface area contributed by atoms with Crippen molar-refractivity contribution >= 4 is 18.1 Å². The predicted octanol–water partition coefficient (Wildman–Crippen LogP) is 6.69. The molecule has 0 saturated heterocycles. The molecule has 6 atom stereocenters. The second kappa shape index (κ2) is 19.1. The van der Waals surface area contributed by atoms with Crippen LogP contribution >= 0.6 is 0 Å². The fourth-order valence-electron chi connectivity index (χ4n) is 2.41. The van der Waals surface area contributed by atoms with Gasteiger partial charge in [0.2, 0.25) is 0 Å². The van der Waals surface area contributed by atoms with Gasteiger partial charge in [-0.2, -0.15) is 0 Å². The molecule has 0 N–H and O–H groups in total. The first-order chi connectivity index (χ1) is 16.4. The zero-order chi connectivity index (χ0) is 27.1. The molecule has 0 fully saturated rings. The van der Waals surface area contributed by atoms with Gasteiger partial charge in [-0.3, -0.25) is 0 Å². The summed E-state index contributed by atoms with van der Waals surface area (Å²) in [6.45, 7) is 24.5. The van der Waals surface area contributed by atoms with Gasteiger partial charge in [0.05, 0.1) is 0 Å². The summed E-state index contributed by atoms with van der Waals surface area (Å²) < 4.78 is 51.2. The zero-order valence-corrected chi connectivity index (χ0v) is 28.9. The Morgan fingerprint density at radius 3 is 0.714 bits per heavy atom. The van der Waals surface area contributed by atoms with Crippen LogP contribution in [0.4, 0.5) is 0 Å². The molecule has 0 rings (SSSR count). The van der Waals surface area contributed by atoms with Crippen molar-refractivity contribution in [1.29, 1.82) is 0 Å². The summed E-state index contributed by atoms with van der Waals surface area (Å²) in [6.07, 6.45) is 4.51. The van der Waals surface area contributed by atoms with Gasteiger partial charge in [-0.1, -0.05) is 0 Å². The van der Waals surface area contributed by atoms with E-state index in [4.69, 9.17) is 31.6 Å². The minimum absolute atomic E-state index is 0.0692. The molecule has 0 aromatic rings. The van der Waals surface area contributed by atoms with Gasteiger partial charge in [0.15, 0.2) is 0 Å². The summed E-state index contributed by atoms with van der Waals surface area (Å²) in [5.41, 5.74) is 0. The third kappa shape index (κ3) is 14.7. The molecule has 0 aliphatic carbocycles. The summed E-state index contributed by atoms with van der Waals surface area (Å²) in [6, 6.07) is 0. The van der Waals surface area contributed by atoms with Crippen molar-refractivity contribution in [2.45, 2.75) is 158 Å². The van der Waals surface area contributed by atoms with Gasteiger partial charge in [0.1, 0.15) is 0 Å².